The van der Waals surface area contributed by atoms with Gasteiger partial charge in [-0.1, -0.05) is 12.1 Å². The molecule has 19 heavy (non-hydrogen) atoms. The number of carboxylic acid groups (broad SMARTS) is 1. The fraction of sp³-hybridized carbons (Fsp3) is 0.769. The smallest absolute Gasteiger partial charge is 0.324 e. The van der Waals surface area contributed by atoms with E-state index in [1.165, 1.54) is 0 Å². The van der Waals surface area contributed by atoms with Crippen LogP contribution >= 0.6 is 0 Å². The molecule has 0 bridgehead atoms. The number of nitrogens with zero attached hydrogens (tertiary/aromatic N) is 3. The lowest BCUT2D eigenvalue weighted by Crippen LogP contribution is -2.49. The zero-order valence-electron chi connectivity index (χ0n) is 11.1. The van der Waals surface area contributed by atoms with E-state index < -0.39 is 11.5 Å². The summed E-state index contributed by atoms with van der Waals surface area (Å²) in [4.78, 5) is 17.9. The van der Waals surface area contributed by atoms with Gasteiger partial charge in [0, 0.05) is 5.92 Å². The maximum Gasteiger partial charge on any atom is 0.324 e. The standard InChI is InChI=1S/C13H19N3O3/c1-2-13(12(17)18)6-3-7-16(13)8-10-14-11(15-19-10)9-4-5-9/h9H,2-8H2,1H3,(H,17,18). The summed E-state index contributed by atoms with van der Waals surface area (Å²) in [6.45, 7) is 3.15. The Bertz CT molecular complexity index is 483. The van der Waals surface area contributed by atoms with E-state index in [2.05, 4.69) is 10.1 Å². The molecule has 0 amide bonds. The van der Waals surface area contributed by atoms with Crippen LogP contribution in [-0.2, 0) is 11.3 Å². The van der Waals surface area contributed by atoms with Crippen molar-refractivity contribution in [2.75, 3.05) is 6.54 Å². The molecule has 1 aromatic heterocycles. The van der Waals surface area contributed by atoms with Gasteiger partial charge in [-0.05, 0) is 38.6 Å². The zero-order valence-corrected chi connectivity index (χ0v) is 11.1. The molecule has 1 unspecified atom stereocenters. The van der Waals surface area contributed by atoms with Crippen molar-refractivity contribution in [1.82, 2.24) is 15.0 Å². The number of hydrogen-bond donors (Lipinski definition) is 1. The molecule has 2 heterocycles. The van der Waals surface area contributed by atoms with Crippen molar-refractivity contribution in [3.05, 3.63) is 11.7 Å². The van der Waals surface area contributed by atoms with Gasteiger partial charge in [-0.2, -0.15) is 4.98 Å². The zero-order chi connectivity index (χ0) is 13.5. The van der Waals surface area contributed by atoms with Crippen LogP contribution in [0.2, 0.25) is 0 Å². The van der Waals surface area contributed by atoms with Crippen LogP contribution in [-0.4, -0.2) is 38.2 Å². The number of likely N-dealkylation sites (tertiary alicyclic amines) is 1. The average Bonchev–Trinajstić information content (AvgIpc) is 3.00. The van der Waals surface area contributed by atoms with Gasteiger partial charge in [0.2, 0.25) is 5.89 Å². The van der Waals surface area contributed by atoms with Crippen molar-refractivity contribution >= 4 is 5.97 Å². The number of aromatic nitrogens is 2. The summed E-state index contributed by atoms with van der Waals surface area (Å²) >= 11 is 0. The monoisotopic (exact) mass is 265 g/mol. The molecule has 6 heteroatoms. The molecule has 0 spiro atoms. The quantitative estimate of drug-likeness (QED) is 0.874. The van der Waals surface area contributed by atoms with E-state index in [9.17, 15) is 9.90 Å². The van der Waals surface area contributed by atoms with Crippen molar-refractivity contribution in [1.29, 1.82) is 0 Å². The molecule has 1 aromatic rings. The Hall–Kier alpha value is -1.43. The second-order valence-electron chi connectivity index (χ2n) is 5.54. The van der Waals surface area contributed by atoms with Gasteiger partial charge in [0.1, 0.15) is 5.54 Å². The molecule has 1 saturated carbocycles. The Morgan fingerprint density at radius 2 is 2.37 bits per heavy atom. The van der Waals surface area contributed by atoms with Crippen molar-refractivity contribution in [3.63, 3.8) is 0 Å². The number of aliphatic carboxylic acids is 1. The molecule has 104 valence electrons. The molecule has 1 N–H and O–H groups in total. The number of rotatable bonds is 5. The number of carbonyl (C=O) groups is 1. The van der Waals surface area contributed by atoms with Gasteiger partial charge in [-0.25, -0.2) is 0 Å². The van der Waals surface area contributed by atoms with Crippen LogP contribution in [0.5, 0.6) is 0 Å². The summed E-state index contributed by atoms with van der Waals surface area (Å²) in [7, 11) is 0. The highest BCUT2D eigenvalue weighted by Crippen LogP contribution is 2.38. The maximum absolute atomic E-state index is 11.6. The van der Waals surface area contributed by atoms with Gasteiger partial charge in [0.05, 0.1) is 6.54 Å². The fourth-order valence-corrected chi connectivity index (χ4v) is 2.96. The van der Waals surface area contributed by atoms with Crippen molar-refractivity contribution < 1.29 is 14.4 Å². The van der Waals surface area contributed by atoms with Crippen molar-refractivity contribution in [2.45, 2.75) is 57.0 Å². The molecule has 2 fully saturated rings. The first-order chi connectivity index (χ1) is 9.15. The lowest BCUT2D eigenvalue weighted by Gasteiger charge is -2.32. The molecular weight excluding hydrogens is 246 g/mol. The van der Waals surface area contributed by atoms with Crippen molar-refractivity contribution in [3.8, 4) is 0 Å². The summed E-state index contributed by atoms with van der Waals surface area (Å²) in [6, 6.07) is 0. The molecule has 0 radical (unpaired) electrons. The highest BCUT2D eigenvalue weighted by Gasteiger charge is 2.46. The van der Waals surface area contributed by atoms with E-state index in [0.717, 1.165) is 31.6 Å². The summed E-state index contributed by atoms with van der Waals surface area (Å²) in [5.74, 6) is 1.05. The van der Waals surface area contributed by atoms with Gasteiger partial charge in [-0.15, -0.1) is 0 Å². The van der Waals surface area contributed by atoms with E-state index in [1.807, 2.05) is 11.8 Å². The Balaban J connectivity index is 1.75. The van der Waals surface area contributed by atoms with E-state index in [1.54, 1.807) is 0 Å². The first-order valence-corrected chi connectivity index (χ1v) is 6.96. The number of carboxylic acids is 1. The Morgan fingerprint density at radius 1 is 1.58 bits per heavy atom. The van der Waals surface area contributed by atoms with Crippen LogP contribution < -0.4 is 0 Å². The molecule has 1 atom stereocenters. The molecule has 1 aliphatic carbocycles. The Kier molecular flexibility index (Phi) is 3.05. The van der Waals surface area contributed by atoms with Gasteiger partial charge in [0.15, 0.2) is 5.82 Å². The van der Waals surface area contributed by atoms with Gasteiger partial charge in [-0.3, -0.25) is 9.69 Å². The van der Waals surface area contributed by atoms with E-state index >= 15 is 0 Å². The average molecular weight is 265 g/mol. The lowest BCUT2D eigenvalue weighted by molar-refractivity contribution is -0.150. The van der Waals surface area contributed by atoms with E-state index in [-0.39, 0.29) is 0 Å². The third kappa shape index (κ3) is 2.14. The van der Waals surface area contributed by atoms with Gasteiger partial charge < -0.3 is 9.63 Å². The summed E-state index contributed by atoms with van der Waals surface area (Å²) < 4.78 is 5.25. The number of hydrogen-bond acceptors (Lipinski definition) is 5. The lowest BCUT2D eigenvalue weighted by atomic mass is 9.93. The first-order valence-electron chi connectivity index (χ1n) is 6.96. The van der Waals surface area contributed by atoms with Crippen LogP contribution in [0.1, 0.15) is 56.7 Å². The molecule has 1 saturated heterocycles. The molecule has 1 aliphatic heterocycles. The minimum atomic E-state index is -0.756. The van der Waals surface area contributed by atoms with Crippen molar-refractivity contribution in [2.24, 2.45) is 0 Å². The fourth-order valence-electron chi connectivity index (χ4n) is 2.96. The SMILES string of the molecule is CCC1(C(=O)O)CCCN1Cc1nc(C2CC2)no1. The normalized spacial score (nSPS) is 27.8. The summed E-state index contributed by atoms with van der Waals surface area (Å²) in [6.07, 6.45) is 4.48. The Labute approximate surface area is 111 Å². The highest BCUT2D eigenvalue weighted by molar-refractivity contribution is 5.79. The van der Waals surface area contributed by atoms with Crippen LogP contribution in [0.3, 0.4) is 0 Å². The largest absolute Gasteiger partial charge is 0.480 e. The molecule has 6 nitrogen and oxygen atoms in total. The Morgan fingerprint density at radius 3 is 3.00 bits per heavy atom. The third-order valence-corrected chi connectivity index (χ3v) is 4.36. The van der Waals surface area contributed by atoms with Crippen LogP contribution in [0.15, 0.2) is 4.52 Å². The minimum absolute atomic E-state index is 0.444. The molecule has 0 aromatic carbocycles. The molecular formula is C13H19N3O3. The van der Waals surface area contributed by atoms with E-state index in [0.29, 0.717) is 31.2 Å². The first kappa shape index (κ1) is 12.6. The van der Waals surface area contributed by atoms with E-state index in [4.69, 9.17) is 4.52 Å². The molecule has 2 aliphatic rings. The molecule has 3 rings (SSSR count). The minimum Gasteiger partial charge on any atom is -0.480 e. The summed E-state index contributed by atoms with van der Waals surface area (Å²) in [5, 5.41) is 13.5. The predicted octanol–water partition coefficient (Wildman–Crippen LogP) is 1.78. The van der Waals surface area contributed by atoms with Crippen LogP contribution in [0.4, 0.5) is 0 Å². The second-order valence-corrected chi connectivity index (χ2v) is 5.54. The maximum atomic E-state index is 11.6. The second kappa shape index (κ2) is 4.59. The van der Waals surface area contributed by atoms with Gasteiger partial charge >= 0.3 is 5.97 Å². The third-order valence-electron chi connectivity index (χ3n) is 4.36. The predicted molar refractivity (Wildman–Crippen MR) is 66.6 cm³/mol. The van der Waals surface area contributed by atoms with Gasteiger partial charge in [0.25, 0.3) is 0 Å². The van der Waals surface area contributed by atoms with Crippen LogP contribution in [0, 0.1) is 0 Å². The summed E-state index contributed by atoms with van der Waals surface area (Å²) in [5.41, 5.74) is -0.756. The highest BCUT2D eigenvalue weighted by atomic mass is 16.5. The topological polar surface area (TPSA) is 79.5 Å². The van der Waals surface area contributed by atoms with Crippen LogP contribution in [0.25, 0.3) is 0 Å².